The number of nitrogens with zero attached hydrogens (tertiary/aromatic N) is 2. The fraction of sp³-hybridized carbons (Fsp3) is 0.308. The highest BCUT2D eigenvalue weighted by molar-refractivity contribution is 8.32. The molecule has 1 radical (unpaired) electrons. The van der Waals surface area contributed by atoms with Gasteiger partial charge >= 0.3 is 0 Å². The molecular weight excluding hydrogens is 695 g/mol. The van der Waals surface area contributed by atoms with E-state index in [-0.39, 0.29) is 16.9 Å². The lowest BCUT2D eigenvalue weighted by Gasteiger charge is -2.41. The number of benzene rings is 6. The summed E-state index contributed by atoms with van der Waals surface area (Å²) in [5, 5.41) is 0. The molecule has 56 heavy (non-hydrogen) atoms. The van der Waals surface area contributed by atoms with Gasteiger partial charge in [-0.15, -0.1) is 0 Å². The predicted octanol–water partition coefficient (Wildman–Crippen LogP) is 13.0. The van der Waals surface area contributed by atoms with Gasteiger partial charge in [-0.1, -0.05) is 139 Å². The molecule has 2 nitrogen and oxygen atoms in total. The summed E-state index contributed by atoms with van der Waals surface area (Å²) in [6.07, 6.45) is 7.18. The first-order chi connectivity index (χ1) is 26.4. The Morgan fingerprint density at radius 2 is 1.21 bits per heavy atom. The number of rotatable bonds is 9. The third-order valence-electron chi connectivity index (χ3n) is 12.0. The molecule has 6 aromatic carbocycles. The van der Waals surface area contributed by atoms with E-state index in [2.05, 4.69) is 232 Å². The minimum Gasteiger partial charge on any atom is -0.339 e. The van der Waals surface area contributed by atoms with Crippen LogP contribution in [0, 0.1) is 12.8 Å². The highest BCUT2D eigenvalue weighted by Crippen LogP contribution is 2.49. The van der Waals surface area contributed by atoms with Crippen LogP contribution in [0.25, 0.3) is 11.1 Å². The van der Waals surface area contributed by atoms with E-state index < -0.39 is 10.0 Å². The molecule has 0 bridgehead atoms. The van der Waals surface area contributed by atoms with Crippen LogP contribution in [0.2, 0.25) is 0 Å². The Balaban J connectivity index is 1.51. The Morgan fingerprint density at radius 3 is 1.82 bits per heavy atom. The second-order valence-corrected chi connectivity index (χ2v) is 22.6. The van der Waals surface area contributed by atoms with Gasteiger partial charge in [-0.25, -0.2) is 10.0 Å². The van der Waals surface area contributed by atoms with Gasteiger partial charge in [-0.05, 0) is 131 Å². The highest BCUT2D eigenvalue weighted by Gasteiger charge is 2.34. The van der Waals surface area contributed by atoms with Gasteiger partial charge in [0.2, 0.25) is 0 Å². The van der Waals surface area contributed by atoms with Crippen LogP contribution in [0.3, 0.4) is 0 Å². The normalized spacial score (nSPS) is 13.8. The monoisotopic (exact) mass is 755 g/mol. The summed E-state index contributed by atoms with van der Waals surface area (Å²) < 4.78 is 0. The van der Waals surface area contributed by atoms with Crippen LogP contribution in [0.1, 0.15) is 77.6 Å². The van der Waals surface area contributed by atoms with Crippen LogP contribution in [0.15, 0.2) is 138 Å². The first-order valence-corrected chi connectivity index (χ1v) is 23.1. The van der Waals surface area contributed by atoms with Crippen LogP contribution in [-0.2, 0) is 10.8 Å². The average Bonchev–Trinajstić information content (AvgIpc) is 3.17. The smallest absolute Gasteiger partial charge is 0.199 e. The van der Waals surface area contributed by atoms with Gasteiger partial charge in [-0.2, -0.15) is 0 Å². The lowest BCUT2D eigenvalue weighted by molar-refractivity contribution is 0.519. The summed E-state index contributed by atoms with van der Waals surface area (Å²) in [5.74, 6) is 0.432. The summed E-state index contributed by atoms with van der Waals surface area (Å²) in [6.45, 7) is 20.9. The molecule has 0 saturated carbocycles. The fourth-order valence-electron chi connectivity index (χ4n) is 8.07. The number of hydrogen-bond donors (Lipinski definition) is 0. The van der Waals surface area contributed by atoms with Crippen LogP contribution in [0.5, 0.6) is 0 Å². The van der Waals surface area contributed by atoms with Gasteiger partial charge in [0.1, 0.15) is 0 Å². The molecule has 1 aliphatic heterocycles. The highest BCUT2D eigenvalue weighted by atomic mass is 32.3. The zero-order valence-corrected chi connectivity index (χ0v) is 36.6. The van der Waals surface area contributed by atoms with Crippen molar-refractivity contribution in [2.75, 3.05) is 28.6 Å². The van der Waals surface area contributed by atoms with E-state index >= 15 is 0 Å². The third-order valence-corrected chi connectivity index (χ3v) is 13.6. The molecule has 4 heteroatoms. The van der Waals surface area contributed by atoms with E-state index in [4.69, 9.17) is 0 Å². The van der Waals surface area contributed by atoms with Gasteiger partial charge in [-0.3, -0.25) is 0 Å². The van der Waals surface area contributed by atoms with Gasteiger partial charge < -0.3 is 9.80 Å². The van der Waals surface area contributed by atoms with Crippen molar-refractivity contribution < 1.29 is 0 Å². The third kappa shape index (κ3) is 7.58. The standard InChI is InChI=1S/C52H60BN2S/c1-35(2)37(4)54(42-26-23-39(24-27-42)51(5,6)7)48-31-36(3)32-49-50(48)53-45-34-43(56(10,11)12)28-30-47(45)55(49)46-29-25-41(33-44(46)38-19-15-13-16-20-38)52(8,9)40-21-17-14-18-22-40/h13-35,37H,1-12H3. The minimum atomic E-state index is -0.961. The predicted molar refractivity (Wildman–Crippen MR) is 250 cm³/mol. The Hall–Kier alpha value is -4.67. The molecule has 1 aliphatic rings. The molecule has 0 aromatic heterocycles. The van der Waals surface area contributed by atoms with E-state index in [0.29, 0.717) is 5.92 Å². The number of anilines is 5. The van der Waals surface area contributed by atoms with Crippen molar-refractivity contribution in [1.82, 2.24) is 0 Å². The van der Waals surface area contributed by atoms with Gasteiger partial charge in [0, 0.05) is 39.8 Å². The Morgan fingerprint density at radius 1 is 0.607 bits per heavy atom. The van der Waals surface area contributed by atoms with Crippen molar-refractivity contribution in [2.24, 2.45) is 5.92 Å². The average molecular weight is 756 g/mol. The summed E-state index contributed by atoms with van der Waals surface area (Å²) in [4.78, 5) is 6.58. The maximum Gasteiger partial charge on any atom is 0.199 e. The molecule has 0 spiro atoms. The lowest BCUT2D eigenvalue weighted by atomic mass is 9.59. The molecule has 1 atom stereocenters. The van der Waals surface area contributed by atoms with E-state index in [0.717, 1.165) is 0 Å². The maximum atomic E-state index is 2.60. The fourth-order valence-corrected chi connectivity index (χ4v) is 9.03. The van der Waals surface area contributed by atoms with E-state index in [1.165, 1.54) is 77.6 Å². The molecule has 7 rings (SSSR count). The van der Waals surface area contributed by atoms with Gasteiger partial charge in [0.25, 0.3) is 0 Å². The molecule has 1 unspecified atom stereocenters. The number of fused-ring (bicyclic) bond motifs is 2. The molecule has 1 heterocycles. The molecular formula is C52H60BN2S. The molecule has 0 N–H and O–H groups in total. The summed E-state index contributed by atoms with van der Waals surface area (Å²) in [5.41, 5.74) is 16.1. The molecule has 0 amide bonds. The molecule has 6 aromatic rings. The van der Waals surface area contributed by atoms with Crippen molar-refractivity contribution >= 4 is 56.7 Å². The maximum absolute atomic E-state index is 2.60. The topological polar surface area (TPSA) is 6.48 Å². The molecule has 0 saturated heterocycles. The molecule has 0 fully saturated rings. The van der Waals surface area contributed by atoms with Crippen LogP contribution in [0.4, 0.5) is 28.4 Å². The quantitative estimate of drug-likeness (QED) is 0.135. The van der Waals surface area contributed by atoms with Gasteiger partial charge in [0.05, 0.1) is 5.69 Å². The second kappa shape index (κ2) is 15.0. The minimum absolute atomic E-state index is 0.0859. The SMILES string of the molecule is Cc1cc2c(c(N(c3ccc(C(C)(C)C)cc3)C(C)C(C)C)c1)[B]c1cc(S(C)(C)C)ccc1N2c1ccc(C(C)(C)c2ccccc2)cc1-c1ccccc1. The van der Waals surface area contributed by atoms with Crippen molar-refractivity contribution in [3.05, 3.63) is 156 Å². The zero-order chi connectivity index (χ0) is 40.2. The Kier molecular flexibility index (Phi) is 10.6. The van der Waals surface area contributed by atoms with Crippen molar-refractivity contribution in [3.63, 3.8) is 0 Å². The second-order valence-electron chi connectivity index (χ2n) is 18.5. The summed E-state index contributed by atoms with van der Waals surface area (Å²) in [7, 11) is 1.51. The van der Waals surface area contributed by atoms with E-state index in [1.54, 1.807) is 0 Å². The Labute approximate surface area is 340 Å². The van der Waals surface area contributed by atoms with E-state index in [9.17, 15) is 0 Å². The summed E-state index contributed by atoms with van der Waals surface area (Å²) >= 11 is 0. The van der Waals surface area contributed by atoms with Crippen LogP contribution >= 0.6 is 10.0 Å². The van der Waals surface area contributed by atoms with Gasteiger partial charge in [0.15, 0.2) is 7.28 Å². The lowest BCUT2D eigenvalue weighted by Crippen LogP contribution is -2.45. The van der Waals surface area contributed by atoms with Crippen molar-refractivity contribution in [1.29, 1.82) is 0 Å². The number of aryl methyl sites for hydroxylation is 1. The van der Waals surface area contributed by atoms with Crippen molar-refractivity contribution in [2.45, 2.75) is 84.1 Å². The molecule has 0 aliphatic carbocycles. The Bertz CT molecular complexity index is 2330. The van der Waals surface area contributed by atoms with E-state index in [1.807, 2.05) is 0 Å². The molecule has 287 valence electrons. The van der Waals surface area contributed by atoms with Crippen LogP contribution < -0.4 is 20.7 Å². The first kappa shape index (κ1) is 39.6. The zero-order valence-electron chi connectivity index (χ0n) is 35.7. The van der Waals surface area contributed by atoms with Crippen LogP contribution in [-0.4, -0.2) is 32.1 Å². The largest absolute Gasteiger partial charge is 0.339 e. The number of hydrogen-bond acceptors (Lipinski definition) is 2. The van der Waals surface area contributed by atoms with Crippen molar-refractivity contribution in [3.8, 4) is 11.1 Å². The summed E-state index contributed by atoms with van der Waals surface area (Å²) in [6, 6.07) is 50.7. The first-order valence-electron chi connectivity index (χ1n) is 20.2.